The standard InChI is InChI=1S/C12H24N2O2/c1-12(2,3)16-11(15)14-9-5-6-10(14)7-8-13-4/h10,13H,5-9H2,1-4H3/t10-/m0/s1. The monoisotopic (exact) mass is 228 g/mol. The zero-order valence-corrected chi connectivity index (χ0v) is 10.9. The Morgan fingerprint density at radius 3 is 2.75 bits per heavy atom. The number of hydrogen-bond acceptors (Lipinski definition) is 3. The lowest BCUT2D eigenvalue weighted by molar-refractivity contribution is 0.0221. The molecule has 1 N–H and O–H groups in total. The minimum Gasteiger partial charge on any atom is -0.444 e. The molecule has 4 nitrogen and oxygen atoms in total. The van der Waals surface area contributed by atoms with Crippen LogP contribution in [-0.4, -0.2) is 42.8 Å². The molecule has 0 saturated carbocycles. The highest BCUT2D eigenvalue weighted by Gasteiger charge is 2.31. The van der Waals surface area contributed by atoms with Crippen molar-refractivity contribution in [2.24, 2.45) is 0 Å². The average Bonchev–Trinajstić information content (AvgIpc) is 2.59. The van der Waals surface area contributed by atoms with Gasteiger partial charge in [-0.3, -0.25) is 0 Å². The van der Waals surface area contributed by atoms with Crippen molar-refractivity contribution in [2.45, 2.75) is 51.7 Å². The molecule has 1 atom stereocenters. The molecule has 1 amide bonds. The molecule has 1 fully saturated rings. The van der Waals surface area contributed by atoms with Crippen LogP contribution in [0.5, 0.6) is 0 Å². The molecule has 1 aliphatic rings. The minimum atomic E-state index is -0.396. The lowest BCUT2D eigenvalue weighted by Crippen LogP contribution is -2.40. The highest BCUT2D eigenvalue weighted by Crippen LogP contribution is 2.22. The summed E-state index contributed by atoms with van der Waals surface area (Å²) in [7, 11) is 1.94. The van der Waals surface area contributed by atoms with Crippen LogP contribution in [0.3, 0.4) is 0 Å². The second-order valence-electron chi connectivity index (χ2n) is 5.36. The molecule has 0 aromatic carbocycles. The van der Waals surface area contributed by atoms with Gasteiger partial charge in [0.2, 0.25) is 0 Å². The molecular formula is C12H24N2O2. The number of amides is 1. The molecular weight excluding hydrogens is 204 g/mol. The lowest BCUT2D eigenvalue weighted by Gasteiger charge is -2.28. The Balaban J connectivity index is 2.47. The van der Waals surface area contributed by atoms with Crippen molar-refractivity contribution < 1.29 is 9.53 Å². The molecule has 0 aromatic rings. The molecule has 0 bridgehead atoms. The van der Waals surface area contributed by atoms with E-state index in [-0.39, 0.29) is 6.09 Å². The van der Waals surface area contributed by atoms with Gasteiger partial charge < -0.3 is 15.0 Å². The summed E-state index contributed by atoms with van der Waals surface area (Å²) in [5.41, 5.74) is -0.396. The molecule has 1 heterocycles. The summed E-state index contributed by atoms with van der Waals surface area (Å²) in [6.45, 7) is 7.50. The normalized spacial score (nSPS) is 21.2. The van der Waals surface area contributed by atoms with E-state index in [0.29, 0.717) is 6.04 Å². The topological polar surface area (TPSA) is 41.6 Å². The second kappa shape index (κ2) is 5.53. The van der Waals surface area contributed by atoms with Gasteiger partial charge in [-0.25, -0.2) is 4.79 Å². The molecule has 1 aliphatic heterocycles. The van der Waals surface area contributed by atoms with E-state index in [9.17, 15) is 4.79 Å². The van der Waals surface area contributed by atoms with Crippen molar-refractivity contribution in [1.29, 1.82) is 0 Å². The van der Waals surface area contributed by atoms with E-state index in [2.05, 4.69) is 5.32 Å². The summed E-state index contributed by atoms with van der Waals surface area (Å²) in [4.78, 5) is 13.8. The first kappa shape index (κ1) is 13.3. The summed E-state index contributed by atoms with van der Waals surface area (Å²) in [6.07, 6.45) is 3.04. The van der Waals surface area contributed by atoms with Crippen molar-refractivity contribution in [3.8, 4) is 0 Å². The molecule has 0 spiro atoms. The summed E-state index contributed by atoms with van der Waals surface area (Å²) >= 11 is 0. The first-order valence-electron chi connectivity index (χ1n) is 6.08. The number of carbonyl (C=O) groups excluding carboxylic acids is 1. The van der Waals surface area contributed by atoms with Crippen LogP contribution < -0.4 is 5.32 Å². The van der Waals surface area contributed by atoms with E-state index in [1.54, 1.807) is 0 Å². The number of nitrogens with zero attached hydrogens (tertiary/aromatic N) is 1. The van der Waals surface area contributed by atoms with Crippen LogP contribution in [0.25, 0.3) is 0 Å². The highest BCUT2D eigenvalue weighted by atomic mass is 16.6. The molecule has 0 aromatic heterocycles. The SMILES string of the molecule is CNCC[C@@H]1CCCN1C(=O)OC(C)(C)C. The Bertz CT molecular complexity index is 236. The number of ether oxygens (including phenoxy) is 1. The molecule has 1 rings (SSSR count). The van der Waals surface area contributed by atoms with E-state index in [1.807, 2.05) is 32.7 Å². The smallest absolute Gasteiger partial charge is 0.410 e. The number of likely N-dealkylation sites (tertiary alicyclic amines) is 1. The summed E-state index contributed by atoms with van der Waals surface area (Å²) < 4.78 is 5.40. The third-order valence-corrected chi connectivity index (χ3v) is 2.73. The first-order valence-corrected chi connectivity index (χ1v) is 6.08. The van der Waals surface area contributed by atoms with Gasteiger partial charge in [0.1, 0.15) is 5.60 Å². The highest BCUT2D eigenvalue weighted by molar-refractivity contribution is 5.68. The fraction of sp³-hybridized carbons (Fsp3) is 0.917. The lowest BCUT2D eigenvalue weighted by atomic mass is 10.1. The Morgan fingerprint density at radius 2 is 2.19 bits per heavy atom. The summed E-state index contributed by atoms with van der Waals surface area (Å²) in [5, 5.41) is 3.12. The van der Waals surface area contributed by atoms with Crippen molar-refractivity contribution in [3.63, 3.8) is 0 Å². The molecule has 0 radical (unpaired) electrons. The number of carbonyl (C=O) groups is 1. The third-order valence-electron chi connectivity index (χ3n) is 2.73. The van der Waals surface area contributed by atoms with Crippen LogP contribution in [0, 0.1) is 0 Å². The van der Waals surface area contributed by atoms with Gasteiger partial charge in [-0.15, -0.1) is 0 Å². The van der Waals surface area contributed by atoms with Crippen LogP contribution in [0.15, 0.2) is 0 Å². The van der Waals surface area contributed by atoms with Gasteiger partial charge in [-0.1, -0.05) is 0 Å². The fourth-order valence-electron chi connectivity index (χ4n) is 2.01. The molecule has 4 heteroatoms. The number of rotatable bonds is 3. The quantitative estimate of drug-likeness (QED) is 0.803. The Labute approximate surface area is 98.3 Å². The fourth-order valence-corrected chi connectivity index (χ4v) is 2.01. The molecule has 0 aliphatic carbocycles. The predicted molar refractivity (Wildman–Crippen MR) is 64.5 cm³/mol. The summed E-state index contributed by atoms with van der Waals surface area (Å²) in [5.74, 6) is 0. The number of hydrogen-bond donors (Lipinski definition) is 1. The van der Waals surface area contributed by atoms with E-state index in [4.69, 9.17) is 4.74 Å². The van der Waals surface area contributed by atoms with Gasteiger partial charge in [-0.05, 0) is 53.6 Å². The van der Waals surface area contributed by atoms with E-state index in [1.165, 1.54) is 0 Å². The van der Waals surface area contributed by atoms with E-state index < -0.39 is 5.60 Å². The molecule has 16 heavy (non-hydrogen) atoms. The van der Waals surface area contributed by atoms with Crippen molar-refractivity contribution in [2.75, 3.05) is 20.1 Å². The zero-order chi connectivity index (χ0) is 12.2. The van der Waals surface area contributed by atoms with Crippen LogP contribution >= 0.6 is 0 Å². The Hall–Kier alpha value is -0.770. The van der Waals surface area contributed by atoms with Crippen molar-refractivity contribution in [1.82, 2.24) is 10.2 Å². The molecule has 94 valence electrons. The molecule has 0 unspecified atom stereocenters. The van der Waals surface area contributed by atoms with Gasteiger partial charge in [0.25, 0.3) is 0 Å². The van der Waals surface area contributed by atoms with Crippen LogP contribution in [0.4, 0.5) is 4.79 Å². The third kappa shape index (κ3) is 4.00. The van der Waals surface area contributed by atoms with E-state index >= 15 is 0 Å². The van der Waals surface area contributed by atoms with Gasteiger partial charge in [-0.2, -0.15) is 0 Å². The van der Waals surface area contributed by atoms with Gasteiger partial charge in [0.15, 0.2) is 0 Å². The zero-order valence-electron chi connectivity index (χ0n) is 10.9. The first-order chi connectivity index (χ1) is 7.44. The van der Waals surface area contributed by atoms with Gasteiger partial charge >= 0.3 is 6.09 Å². The second-order valence-corrected chi connectivity index (χ2v) is 5.36. The maximum Gasteiger partial charge on any atom is 0.410 e. The Morgan fingerprint density at radius 1 is 1.50 bits per heavy atom. The largest absolute Gasteiger partial charge is 0.444 e. The van der Waals surface area contributed by atoms with Gasteiger partial charge in [0.05, 0.1) is 0 Å². The maximum atomic E-state index is 11.9. The van der Waals surface area contributed by atoms with E-state index in [0.717, 1.165) is 32.4 Å². The average molecular weight is 228 g/mol. The van der Waals surface area contributed by atoms with Crippen molar-refractivity contribution in [3.05, 3.63) is 0 Å². The van der Waals surface area contributed by atoms with Crippen LogP contribution in [0.2, 0.25) is 0 Å². The Kier molecular flexibility index (Phi) is 4.59. The van der Waals surface area contributed by atoms with Crippen LogP contribution in [-0.2, 0) is 4.74 Å². The summed E-state index contributed by atoms with van der Waals surface area (Å²) in [6, 6.07) is 0.349. The maximum absolute atomic E-state index is 11.9. The van der Waals surface area contributed by atoms with Crippen LogP contribution in [0.1, 0.15) is 40.0 Å². The van der Waals surface area contributed by atoms with Crippen molar-refractivity contribution >= 4 is 6.09 Å². The predicted octanol–water partition coefficient (Wildman–Crippen LogP) is 2.00. The van der Waals surface area contributed by atoms with Gasteiger partial charge in [0, 0.05) is 12.6 Å². The number of nitrogens with one attached hydrogen (secondary N) is 1. The molecule has 1 saturated heterocycles. The minimum absolute atomic E-state index is 0.161.